The van der Waals surface area contributed by atoms with Gasteiger partial charge in [-0.25, -0.2) is 4.79 Å². The van der Waals surface area contributed by atoms with Gasteiger partial charge in [0.2, 0.25) is 0 Å². The molecule has 2 fully saturated rings. The maximum atomic E-state index is 13.6. The normalized spacial score (nSPS) is 17.2. The molecule has 4 rings (SSSR count). The van der Waals surface area contributed by atoms with Gasteiger partial charge in [-0.15, -0.1) is 0 Å². The summed E-state index contributed by atoms with van der Waals surface area (Å²) in [6.45, 7) is 7.78. The average molecular weight is 480 g/mol. The Morgan fingerprint density at radius 1 is 0.857 bits per heavy atom. The van der Waals surface area contributed by atoms with Gasteiger partial charge < -0.3 is 20.4 Å². The predicted molar refractivity (Wildman–Crippen MR) is 137 cm³/mol. The van der Waals surface area contributed by atoms with Crippen molar-refractivity contribution in [1.82, 2.24) is 4.90 Å². The molecule has 0 unspecified atom stereocenters. The van der Waals surface area contributed by atoms with E-state index in [2.05, 4.69) is 29.4 Å². The molecular formula is C26H33N5O4. The number of carbonyl (C=O) groups excluding carboxylic acids is 2. The van der Waals surface area contributed by atoms with Crippen molar-refractivity contribution in [1.29, 1.82) is 0 Å². The van der Waals surface area contributed by atoms with E-state index < -0.39 is 11.0 Å². The smallest absolute Gasteiger partial charge is 0.323 e. The number of urea groups is 1. The first-order chi connectivity index (χ1) is 16.8. The zero-order chi connectivity index (χ0) is 24.9. The van der Waals surface area contributed by atoms with Gasteiger partial charge in [0, 0.05) is 55.4 Å². The lowest BCUT2D eigenvalue weighted by molar-refractivity contribution is -0.384. The molecule has 2 saturated heterocycles. The summed E-state index contributed by atoms with van der Waals surface area (Å²) in [5.74, 6) is 1.31. The van der Waals surface area contributed by atoms with Crippen LogP contribution in [0.15, 0.2) is 42.5 Å². The number of anilines is 3. The van der Waals surface area contributed by atoms with Crippen LogP contribution >= 0.6 is 0 Å². The molecule has 2 heterocycles. The highest BCUT2D eigenvalue weighted by Gasteiger charge is 2.27. The third-order valence-electron chi connectivity index (χ3n) is 7.02. The van der Waals surface area contributed by atoms with Crippen molar-refractivity contribution in [2.45, 2.75) is 39.5 Å². The summed E-state index contributed by atoms with van der Waals surface area (Å²) in [6, 6.07) is 10.6. The Balaban J connectivity index is 1.52. The minimum absolute atomic E-state index is 0.00458. The number of amides is 3. The highest BCUT2D eigenvalue weighted by Crippen LogP contribution is 2.31. The Morgan fingerprint density at radius 3 is 2.00 bits per heavy atom. The number of likely N-dealkylation sites (tertiary alicyclic amines) is 1. The first-order valence-electron chi connectivity index (χ1n) is 12.3. The maximum absolute atomic E-state index is 13.6. The van der Waals surface area contributed by atoms with E-state index in [9.17, 15) is 19.7 Å². The summed E-state index contributed by atoms with van der Waals surface area (Å²) in [5.41, 5.74) is 2.44. The van der Waals surface area contributed by atoms with Crippen LogP contribution in [-0.2, 0) is 0 Å². The van der Waals surface area contributed by atoms with Crippen LogP contribution < -0.4 is 15.5 Å². The quantitative estimate of drug-likeness (QED) is 0.444. The highest BCUT2D eigenvalue weighted by molar-refractivity contribution is 6.04. The molecule has 2 N–H and O–H groups in total. The van der Waals surface area contributed by atoms with Crippen molar-refractivity contribution < 1.29 is 14.5 Å². The van der Waals surface area contributed by atoms with Crippen LogP contribution in [0, 0.1) is 22.0 Å². The first-order valence-corrected chi connectivity index (χ1v) is 12.3. The fourth-order valence-corrected chi connectivity index (χ4v) is 4.65. The monoisotopic (exact) mass is 479 g/mol. The van der Waals surface area contributed by atoms with E-state index in [1.54, 1.807) is 6.07 Å². The van der Waals surface area contributed by atoms with Crippen LogP contribution in [0.25, 0.3) is 0 Å². The van der Waals surface area contributed by atoms with Crippen molar-refractivity contribution >= 4 is 34.7 Å². The van der Waals surface area contributed by atoms with E-state index in [4.69, 9.17) is 0 Å². The number of rotatable bonds is 5. The number of nitrogens with one attached hydrogen (secondary N) is 2. The molecule has 9 heteroatoms. The first kappa shape index (κ1) is 24.5. The Labute approximate surface area is 205 Å². The lowest BCUT2D eigenvalue weighted by Gasteiger charge is -2.35. The molecule has 0 atom stereocenters. The van der Waals surface area contributed by atoms with Crippen LogP contribution in [-0.4, -0.2) is 47.9 Å². The van der Waals surface area contributed by atoms with Gasteiger partial charge in [0.1, 0.15) is 0 Å². The largest absolute Gasteiger partial charge is 0.371 e. The van der Waals surface area contributed by atoms with Crippen molar-refractivity contribution in [2.75, 3.05) is 41.7 Å². The number of piperidine rings is 2. The van der Waals surface area contributed by atoms with Gasteiger partial charge in [0.25, 0.3) is 11.6 Å². The van der Waals surface area contributed by atoms with Crippen molar-refractivity contribution in [3.63, 3.8) is 0 Å². The number of carbonyl (C=O) groups is 2. The van der Waals surface area contributed by atoms with Crippen LogP contribution in [0.4, 0.5) is 27.5 Å². The van der Waals surface area contributed by atoms with E-state index in [1.165, 1.54) is 24.3 Å². The molecule has 2 aliphatic heterocycles. The predicted octanol–water partition coefficient (Wildman–Crippen LogP) is 5.35. The molecule has 9 nitrogen and oxygen atoms in total. The molecule has 2 aromatic carbocycles. The lowest BCUT2D eigenvalue weighted by atomic mass is 9.96. The van der Waals surface area contributed by atoms with Gasteiger partial charge in [-0.2, -0.15) is 0 Å². The molecule has 0 aromatic heterocycles. The third-order valence-corrected chi connectivity index (χ3v) is 7.02. The molecular weight excluding hydrogens is 446 g/mol. The summed E-state index contributed by atoms with van der Waals surface area (Å²) >= 11 is 0. The molecule has 0 radical (unpaired) electrons. The second kappa shape index (κ2) is 10.8. The topological polar surface area (TPSA) is 108 Å². The molecule has 0 aliphatic carbocycles. The minimum Gasteiger partial charge on any atom is -0.371 e. The van der Waals surface area contributed by atoms with Crippen molar-refractivity contribution in [3.8, 4) is 0 Å². The fraction of sp³-hybridized carbons (Fsp3) is 0.462. The molecule has 186 valence electrons. The zero-order valence-electron chi connectivity index (χ0n) is 20.3. The molecule has 2 aliphatic rings. The molecule has 0 spiro atoms. The van der Waals surface area contributed by atoms with Gasteiger partial charge in [-0.1, -0.05) is 13.8 Å². The summed E-state index contributed by atoms with van der Waals surface area (Å²) in [6.07, 6.45) is 4.18. The molecule has 0 bridgehead atoms. The van der Waals surface area contributed by atoms with Crippen LogP contribution in [0.2, 0.25) is 0 Å². The zero-order valence-corrected chi connectivity index (χ0v) is 20.3. The van der Waals surface area contributed by atoms with E-state index in [0.29, 0.717) is 28.8 Å². The molecule has 35 heavy (non-hydrogen) atoms. The van der Waals surface area contributed by atoms with Crippen LogP contribution in [0.1, 0.15) is 49.9 Å². The van der Waals surface area contributed by atoms with Gasteiger partial charge in [0.15, 0.2) is 0 Å². The van der Waals surface area contributed by atoms with E-state index in [0.717, 1.165) is 57.5 Å². The van der Waals surface area contributed by atoms with Crippen molar-refractivity contribution in [2.24, 2.45) is 11.8 Å². The van der Waals surface area contributed by atoms with E-state index >= 15 is 0 Å². The summed E-state index contributed by atoms with van der Waals surface area (Å²) < 4.78 is 0. The number of nitro benzene ring substituents is 1. The fourth-order valence-electron chi connectivity index (χ4n) is 4.65. The Kier molecular flexibility index (Phi) is 7.53. The summed E-state index contributed by atoms with van der Waals surface area (Å²) in [7, 11) is 0. The van der Waals surface area contributed by atoms with E-state index in [-0.39, 0.29) is 11.6 Å². The average Bonchev–Trinajstić information content (AvgIpc) is 2.85. The number of non-ortho nitro benzene ring substituents is 1. The summed E-state index contributed by atoms with van der Waals surface area (Å²) in [4.78, 5) is 40.7. The van der Waals surface area contributed by atoms with Gasteiger partial charge in [0.05, 0.1) is 10.5 Å². The number of hydrogen-bond acceptors (Lipinski definition) is 5. The number of hydrogen-bond donors (Lipinski definition) is 2. The Hall–Kier alpha value is -3.62. The molecule has 0 saturated carbocycles. The molecule has 3 amide bonds. The minimum atomic E-state index is -0.490. The van der Waals surface area contributed by atoms with Gasteiger partial charge >= 0.3 is 6.03 Å². The highest BCUT2D eigenvalue weighted by atomic mass is 16.6. The van der Waals surface area contributed by atoms with Crippen LogP contribution in [0.3, 0.4) is 0 Å². The Bertz CT molecular complexity index is 1070. The van der Waals surface area contributed by atoms with Crippen LogP contribution in [0.5, 0.6) is 0 Å². The third kappa shape index (κ3) is 6.09. The number of benzene rings is 2. The second-order valence-electron chi connectivity index (χ2n) is 9.76. The van der Waals surface area contributed by atoms with E-state index in [1.807, 2.05) is 17.0 Å². The van der Waals surface area contributed by atoms with Crippen molar-refractivity contribution in [3.05, 3.63) is 58.1 Å². The SMILES string of the molecule is CC1CCN(C(=O)c2cc(NC(=O)Nc3ccc([N+](=O)[O-])cc3)ccc2N2CCC(C)CC2)CC1. The maximum Gasteiger partial charge on any atom is 0.323 e. The van der Waals surface area contributed by atoms with Gasteiger partial charge in [-0.05, 0) is 67.9 Å². The lowest BCUT2D eigenvalue weighted by Crippen LogP contribution is -2.40. The number of nitro groups is 1. The molecule has 2 aromatic rings. The van der Waals surface area contributed by atoms with Gasteiger partial charge in [-0.3, -0.25) is 14.9 Å². The number of nitrogens with zero attached hydrogens (tertiary/aromatic N) is 3. The Morgan fingerprint density at radius 2 is 1.40 bits per heavy atom. The standard InChI is InChI=1S/C26H33N5O4/c1-18-9-13-29(14-10-18)24-8-5-21(17-23(24)25(32)30-15-11-19(2)12-16-30)28-26(33)27-20-3-6-22(7-4-20)31(34)35/h3-8,17-19H,9-16H2,1-2H3,(H2,27,28,33). The summed E-state index contributed by atoms with van der Waals surface area (Å²) in [5, 5.41) is 16.3. The second-order valence-corrected chi connectivity index (χ2v) is 9.76.